The van der Waals surface area contributed by atoms with Crippen LogP contribution in [0.5, 0.6) is 5.75 Å². The minimum absolute atomic E-state index is 0.0982. The molecule has 2 nitrogen and oxygen atoms in total. The number of carbonyl (C=O) groups is 1. The van der Waals surface area contributed by atoms with Crippen LogP contribution in [0.3, 0.4) is 0 Å². The van der Waals surface area contributed by atoms with E-state index < -0.39 is 0 Å². The van der Waals surface area contributed by atoms with Crippen molar-refractivity contribution in [1.82, 2.24) is 0 Å². The molecule has 0 radical (unpaired) electrons. The van der Waals surface area contributed by atoms with Crippen molar-refractivity contribution in [2.45, 2.75) is 25.2 Å². The maximum Gasteiger partial charge on any atom is 0.138 e. The number of carbonyl (C=O) groups excluding carboxylic acids is 1. The van der Waals surface area contributed by atoms with E-state index in [-0.39, 0.29) is 11.3 Å². The molecule has 0 saturated heterocycles. The summed E-state index contributed by atoms with van der Waals surface area (Å²) < 4.78 is 5.23. The van der Waals surface area contributed by atoms with Gasteiger partial charge in [0.1, 0.15) is 11.5 Å². The molecule has 2 aliphatic rings. The lowest BCUT2D eigenvalue weighted by Crippen LogP contribution is -2.47. The first-order valence-corrected chi connectivity index (χ1v) is 5.35. The van der Waals surface area contributed by atoms with Gasteiger partial charge in [-0.3, -0.25) is 4.79 Å². The molecule has 2 aliphatic carbocycles. The molecule has 0 amide bonds. The summed E-state index contributed by atoms with van der Waals surface area (Å²) in [5.41, 5.74) is 2.75. The zero-order chi connectivity index (χ0) is 10.6. The monoisotopic (exact) mass is 202 g/mol. The van der Waals surface area contributed by atoms with Crippen LogP contribution in [-0.2, 0) is 16.6 Å². The van der Waals surface area contributed by atoms with Crippen LogP contribution in [0.1, 0.15) is 24.5 Å². The van der Waals surface area contributed by atoms with Crippen molar-refractivity contribution < 1.29 is 9.53 Å². The topological polar surface area (TPSA) is 26.3 Å². The quantitative estimate of drug-likeness (QED) is 0.697. The van der Waals surface area contributed by atoms with E-state index in [1.807, 2.05) is 6.07 Å². The van der Waals surface area contributed by atoms with Crippen molar-refractivity contribution in [2.75, 3.05) is 7.11 Å². The number of hydrogen-bond donors (Lipinski definition) is 0. The zero-order valence-corrected chi connectivity index (χ0v) is 9.04. The van der Waals surface area contributed by atoms with Gasteiger partial charge in [0.25, 0.3) is 0 Å². The molecule has 78 valence electrons. The van der Waals surface area contributed by atoms with E-state index in [9.17, 15) is 4.79 Å². The standard InChI is InChI=1S/C13H14O2/c1-13-7-12(14)11(13)5-8-3-4-9(15-2)6-10(8)13/h3-4,6,11H,5,7H2,1-2H3/t11-,13-/m0/s1. The number of fused-ring (bicyclic) bond motifs is 3. The summed E-state index contributed by atoms with van der Waals surface area (Å²) in [5.74, 6) is 1.56. The predicted molar refractivity (Wildman–Crippen MR) is 57.2 cm³/mol. The third-order valence-electron chi connectivity index (χ3n) is 4.06. The van der Waals surface area contributed by atoms with Crippen molar-refractivity contribution in [3.05, 3.63) is 29.3 Å². The van der Waals surface area contributed by atoms with Gasteiger partial charge in [0, 0.05) is 17.8 Å². The van der Waals surface area contributed by atoms with Crippen molar-refractivity contribution in [3.8, 4) is 5.75 Å². The van der Waals surface area contributed by atoms with Gasteiger partial charge in [0.05, 0.1) is 7.11 Å². The molecular formula is C13H14O2. The molecule has 1 aromatic rings. The average molecular weight is 202 g/mol. The normalized spacial score (nSPS) is 31.9. The summed E-state index contributed by atoms with van der Waals surface area (Å²) in [6.07, 6.45) is 1.63. The van der Waals surface area contributed by atoms with Crippen LogP contribution in [0.15, 0.2) is 18.2 Å². The lowest BCUT2D eigenvalue weighted by Gasteiger charge is -2.41. The van der Waals surface area contributed by atoms with Gasteiger partial charge in [-0.05, 0) is 29.7 Å². The summed E-state index contributed by atoms with van der Waals surface area (Å²) in [5, 5.41) is 0. The Morgan fingerprint density at radius 2 is 2.27 bits per heavy atom. The third kappa shape index (κ3) is 0.969. The summed E-state index contributed by atoms with van der Waals surface area (Å²) in [6.45, 7) is 2.20. The van der Waals surface area contributed by atoms with Gasteiger partial charge in [-0.1, -0.05) is 13.0 Å². The molecule has 0 aliphatic heterocycles. The van der Waals surface area contributed by atoms with Gasteiger partial charge >= 0.3 is 0 Å². The van der Waals surface area contributed by atoms with E-state index >= 15 is 0 Å². The number of ketones is 1. The van der Waals surface area contributed by atoms with E-state index in [0.29, 0.717) is 12.2 Å². The van der Waals surface area contributed by atoms with E-state index in [0.717, 1.165) is 12.2 Å². The maximum absolute atomic E-state index is 11.5. The first-order chi connectivity index (χ1) is 7.15. The van der Waals surface area contributed by atoms with E-state index in [2.05, 4.69) is 19.1 Å². The Bertz CT molecular complexity index is 450. The van der Waals surface area contributed by atoms with Gasteiger partial charge in [0.15, 0.2) is 0 Å². The van der Waals surface area contributed by atoms with Gasteiger partial charge in [0.2, 0.25) is 0 Å². The Morgan fingerprint density at radius 3 is 2.93 bits per heavy atom. The van der Waals surface area contributed by atoms with Gasteiger partial charge < -0.3 is 4.74 Å². The second kappa shape index (κ2) is 2.63. The Morgan fingerprint density at radius 1 is 1.47 bits per heavy atom. The van der Waals surface area contributed by atoms with Crippen LogP contribution in [0.25, 0.3) is 0 Å². The highest BCUT2D eigenvalue weighted by molar-refractivity contribution is 5.93. The SMILES string of the molecule is COc1ccc2c(c1)[C@]1(C)CC(=O)[C@@H]1C2. The van der Waals surface area contributed by atoms with Gasteiger partial charge in [-0.2, -0.15) is 0 Å². The van der Waals surface area contributed by atoms with Crippen LogP contribution >= 0.6 is 0 Å². The lowest BCUT2D eigenvalue weighted by atomic mass is 9.60. The van der Waals surface area contributed by atoms with Crippen LogP contribution in [-0.4, -0.2) is 12.9 Å². The van der Waals surface area contributed by atoms with Gasteiger partial charge in [-0.15, -0.1) is 0 Å². The molecule has 1 fully saturated rings. The fourth-order valence-corrected chi connectivity index (χ4v) is 3.07. The fourth-order valence-electron chi connectivity index (χ4n) is 3.07. The highest BCUT2D eigenvalue weighted by Crippen LogP contribution is 2.54. The smallest absolute Gasteiger partial charge is 0.138 e. The molecule has 0 aromatic heterocycles. The van der Waals surface area contributed by atoms with Crippen LogP contribution in [0.4, 0.5) is 0 Å². The average Bonchev–Trinajstić information content (AvgIpc) is 2.47. The Balaban J connectivity index is 2.11. The molecule has 0 unspecified atom stereocenters. The zero-order valence-electron chi connectivity index (χ0n) is 9.04. The summed E-state index contributed by atoms with van der Waals surface area (Å²) >= 11 is 0. The fraction of sp³-hybridized carbons (Fsp3) is 0.462. The molecule has 1 saturated carbocycles. The Hall–Kier alpha value is -1.31. The Labute approximate surface area is 89.2 Å². The highest BCUT2D eigenvalue weighted by Gasteiger charge is 2.55. The van der Waals surface area contributed by atoms with Crippen molar-refractivity contribution >= 4 is 5.78 Å². The van der Waals surface area contributed by atoms with E-state index in [1.165, 1.54) is 11.1 Å². The first kappa shape index (κ1) is 8.96. The third-order valence-corrected chi connectivity index (χ3v) is 4.06. The molecule has 3 rings (SSSR count). The Kier molecular flexibility index (Phi) is 1.57. The van der Waals surface area contributed by atoms with Crippen molar-refractivity contribution in [1.29, 1.82) is 0 Å². The van der Waals surface area contributed by atoms with E-state index in [4.69, 9.17) is 4.74 Å². The number of methoxy groups -OCH3 is 1. The summed E-state index contributed by atoms with van der Waals surface area (Å²) in [6, 6.07) is 6.18. The molecule has 2 atom stereocenters. The van der Waals surface area contributed by atoms with Crippen LogP contribution in [0.2, 0.25) is 0 Å². The molecule has 0 bridgehead atoms. The predicted octanol–water partition coefficient (Wildman–Crippen LogP) is 2.10. The van der Waals surface area contributed by atoms with Gasteiger partial charge in [-0.25, -0.2) is 0 Å². The number of Topliss-reactive ketones (excluding diaryl/α,β-unsaturated/α-hetero) is 1. The minimum Gasteiger partial charge on any atom is -0.497 e. The molecule has 0 spiro atoms. The molecular weight excluding hydrogens is 188 g/mol. The van der Waals surface area contributed by atoms with Crippen LogP contribution in [0, 0.1) is 5.92 Å². The lowest BCUT2D eigenvalue weighted by molar-refractivity contribution is -0.134. The second-order valence-electron chi connectivity index (χ2n) is 4.84. The van der Waals surface area contributed by atoms with Crippen LogP contribution < -0.4 is 4.74 Å². The molecule has 15 heavy (non-hydrogen) atoms. The minimum atomic E-state index is 0.0982. The number of rotatable bonds is 1. The summed E-state index contributed by atoms with van der Waals surface area (Å²) in [7, 11) is 1.68. The first-order valence-electron chi connectivity index (χ1n) is 5.35. The number of benzene rings is 1. The van der Waals surface area contributed by atoms with Crippen molar-refractivity contribution in [3.63, 3.8) is 0 Å². The largest absolute Gasteiger partial charge is 0.497 e. The summed E-state index contributed by atoms with van der Waals surface area (Å²) in [4.78, 5) is 11.5. The molecule has 2 heteroatoms. The second-order valence-corrected chi connectivity index (χ2v) is 4.84. The number of ether oxygens (including phenoxy) is 1. The highest BCUT2D eigenvalue weighted by atomic mass is 16.5. The maximum atomic E-state index is 11.5. The molecule has 1 aromatic carbocycles. The molecule has 0 heterocycles. The molecule has 0 N–H and O–H groups in total. The van der Waals surface area contributed by atoms with Crippen molar-refractivity contribution in [2.24, 2.45) is 5.92 Å². The number of hydrogen-bond acceptors (Lipinski definition) is 2. The van der Waals surface area contributed by atoms with E-state index in [1.54, 1.807) is 7.11 Å².